The lowest BCUT2D eigenvalue weighted by Gasteiger charge is -2.17. The van der Waals surface area contributed by atoms with Crippen LogP contribution >= 0.6 is 35.0 Å². The molecule has 150 valence electrons. The van der Waals surface area contributed by atoms with Gasteiger partial charge in [0.15, 0.2) is 0 Å². The smallest absolute Gasteiger partial charge is 0.292 e. The largest absolute Gasteiger partial charge is 0.325 e. The number of amides is 1. The lowest BCUT2D eigenvalue weighted by Crippen LogP contribution is -2.32. The number of thioether (sulfide) groups is 1. The minimum Gasteiger partial charge on any atom is -0.325 e. The van der Waals surface area contributed by atoms with Crippen molar-refractivity contribution in [2.24, 2.45) is 0 Å². The Hall–Kier alpha value is -2.73. The van der Waals surface area contributed by atoms with E-state index in [1.54, 1.807) is 30.3 Å². The Morgan fingerprint density at radius 3 is 2.40 bits per heavy atom. The average Bonchev–Trinajstić information content (AvgIpc) is 2.72. The summed E-state index contributed by atoms with van der Waals surface area (Å²) in [5.41, 5.74) is 1.35. The molecule has 3 aromatic carbocycles. The molecule has 0 radical (unpaired) electrons. The van der Waals surface area contributed by atoms with Crippen LogP contribution < -0.4 is 10.0 Å². The van der Waals surface area contributed by atoms with Crippen LogP contribution in [0.4, 0.5) is 5.69 Å². The number of halogens is 2. The molecular weight excluding hydrogens is 439 g/mol. The lowest BCUT2D eigenvalue weighted by molar-refractivity contribution is -0.932. The molecule has 4 nitrogen and oxygen atoms in total. The topological polar surface area (TPSA) is 53.2 Å². The Morgan fingerprint density at radius 1 is 0.933 bits per heavy atom. The molecular formula is C23H17Cl2N2O2S+. The fourth-order valence-electron chi connectivity index (χ4n) is 3.20. The van der Waals surface area contributed by atoms with Crippen LogP contribution in [0.1, 0.15) is 10.8 Å². The summed E-state index contributed by atoms with van der Waals surface area (Å²) in [6.45, 7) is 0. The van der Waals surface area contributed by atoms with Crippen LogP contribution in [-0.4, -0.2) is 11.1 Å². The number of nitrogens with one attached hydrogen (secondary N) is 1. The molecule has 0 saturated heterocycles. The summed E-state index contributed by atoms with van der Waals surface area (Å²) in [6, 6.07) is 23.9. The molecule has 0 aliphatic heterocycles. The van der Waals surface area contributed by atoms with E-state index in [-0.39, 0.29) is 5.91 Å². The van der Waals surface area contributed by atoms with Gasteiger partial charge in [-0.05, 0) is 52.4 Å². The second-order valence-corrected chi connectivity index (χ2v) is 8.60. The third-order valence-corrected chi connectivity index (χ3v) is 6.22. The third-order valence-electron chi connectivity index (χ3n) is 4.52. The number of nitrogens with zero attached hydrogens (tertiary/aromatic N) is 1. The molecule has 1 atom stereocenters. The van der Waals surface area contributed by atoms with E-state index in [1.807, 2.05) is 48.5 Å². The first-order valence-electron chi connectivity index (χ1n) is 9.12. The van der Waals surface area contributed by atoms with Gasteiger partial charge in [0, 0.05) is 32.6 Å². The van der Waals surface area contributed by atoms with Crippen molar-refractivity contribution in [2.75, 3.05) is 5.32 Å². The van der Waals surface area contributed by atoms with Crippen molar-refractivity contribution in [1.82, 2.24) is 0 Å². The molecule has 4 aromatic rings. The standard InChI is InChI=1S/C23H16Cl2N2O2S/c24-16-12-17(25)14-18(13-16)26-23(28)22(30-21-10-3-4-11-27(21)29)20-9-5-7-15-6-1-2-8-19(15)20/h1-14,22H,(H-,26,28,29)/p+1. The monoisotopic (exact) mass is 455 g/mol. The van der Waals surface area contributed by atoms with Crippen LogP contribution in [0, 0.1) is 0 Å². The van der Waals surface area contributed by atoms with E-state index < -0.39 is 5.25 Å². The SMILES string of the molecule is O=C(Nc1cc(Cl)cc(Cl)c1)C(Sc1cccc[n+]1O)c1cccc2ccccc12. The molecule has 1 aromatic heterocycles. The molecule has 7 heteroatoms. The maximum Gasteiger partial charge on any atom is 0.292 e. The molecule has 30 heavy (non-hydrogen) atoms. The number of hydrogen-bond acceptors (Lipinski definition) is 3. The maximum absolute atomic E-state index is 13.4. The zero-order valence-electron chi connectivity index (χ0n) is 15.6. The number of aromatic nitrogens is 1. The first-order valence-corrected chi connectivity index (χ1v) is 10.8. The van der Waals surface area contributed by atoms with E-state index in [2.05, 4.69) is 5.32 Å². The van der Waals surface area contributed by atoms with Gasteiger partial charge in [0.1, 0.15) is 5.25 Å². The summed E-state index contributed by atoms with van der Waals surface area (Å²) >= 11 is 13.4. The van der Waals surface area contributed by atoms with Crippen LogP contribution in [0.15, 0.2) is 90.1 Å². The van der Waals surface area contributed by atoms with E-state index in [1.165, 1.54) is 18.0 Å². The highest BCUT2D eigenvalue weighted by Crippen LogP contribution is 2.38. The van der Waals surface area contributed by atoms with Crippen molar-refractivity contribution in [3.8, 4) is 0 Å². The summed E-state index contributed by atoms with van der Waals surface area (Å²) in [4.78, 5) is 13.4. The predicted molar refractivity (Wildman–Crippen MR) is 121 cm³/mol. The Kier molecular flexibility index (Phi) is 6.13. The van der Waals surface area contributed by atoms with Gasteiger partial charge in [-0.3, -0.25) is 10.0 Å². The van der Waals surface area contributed by atoms with Gasteiger partial charge in [0.2, 0.25) is 12.1 Å². The van der Waals surface area contributed by atoms with Gasteiger partial charge in [-0.15, -0.1) is 0 Å². The molecule has 0 saturated carbocycles. The van der Waals surface area contributed by atoms with E-state index in [0.29, 0.717) is 20.8 Å². The minimum absolute atomic E-state index is 0.251. The molecule has 1 heterocycles. The fraction of sp³-hybridized carbons (Fsp3) is 0.0435. The van der Waals surface area contributed by atoms with Gasteiger partial charge in [0.05, 0.1) is 0 Å². The van der Waals surface area contributed by atoms with Crippen molar-refractivity contribution in [1.29, 1.82) is 0 Å². The van der Waals surface area contributed by atoms with E-state index in [0.717, 1.165) is 21.1 Å². The molecule has 4 rings (SSSR count). The van der Waals surface area contributed by atoms with Gasteiger partial charge in [-0.2, -0.15) is 0 Å². The second-order valence-electron chi connectivity index (χ2n) is 6.60. The molecule has 0 aliphatic rings. The summed E-state index contributed by atoms with van der Waals surface area (Å²) in [5.74, 6) is -0.251. The molecule has 0 aliphatic carbocycles. The number of benzene rings is 3. The van der Waals surface area contributed by atoms with Gasteiger partial charge in [0.25, 0.3) is 5.03 Å². The summed E-state index contributed by atoms with van der Waals surface area (Å²) in [6.07, 6.45) is 1.52. The number of carbonyl (C=O) groups excluding carboxylic acids is 1. The minimum atomic E-state index is -0.630. The predicted octanol–water partition coefficient (Wildman–Crippen LogP) is 6.14. The number of hydrogen-bond donors (Lipinski definition) is 2. The van der Waals surface area contributed by atoms with E-state index in [4.69, 9.17) is 23.2 Å². The first kappa shape index (κ1) is 20.5. The molecule has 1 unspecified atom stereocenters. The lowest BCUT2D eigenvalue weighted by atomic mass is 10.0. The summed E-state index contributed by atoms with van der Waals surface area (Å²) in [7, 11) is 0. The van der Waals surface area contributed by atoms with Crippen LogP contribution in [0.25, 0.3) is 10.8 Å². The van der Waals surface area contributed by atoms with Crippen LogP contribution in [0.2, 0.25) is 10.0 Å². The Balaban J connectivity index is 1.76. The van der Waals surface area contributed by atoms with E-state index >= 15 is 0 Å². The number of anilines is 1. The van der Waals surface area contributed by atoms with Crippen LogP contribution in [-0.2, 0) is 4.79 Å². The third kappa shape index (κ3) is 4.54. The van der Waals surface area contributed by atoms with Crippen molar-refractivity contribution in [2.45, 2.75) is 10.3 Å². The Bertz CT molecular complexity index is 1210. The van der Waals surface area contributed by atoms with Crippen molar-refractivity contribution >= 4 is 57.3 Å². The van der Waals surface area contributed by atoms with Crippen LogP contribution in [0.3, 0.4) is 0 Å². The molecule has 1 amide bonds. The second kappa shape index (κ2) is 8.96. The zero-order chi connectivity index (χ0) is 21.1. The maximum atomic E-state index is 13.4. The van der Waals surface area contributed by atoms with Gasteiger partial charge < -0.3 is 5.32 Å². The van der Waals surface area contributed by atoms with Gasteiger partial charge in [-0.25, -0.2) is 0 Å². The molecule has 0 spiro atoms. The number of fused-ring (bicyclic) bond motifs is 1. The fourth-order valence-corrected chi connectivity index (χ4v) is 4.80. The Labute approximate surface area is 188 Å². The number of carbonyl (C=O) groups is 1. The average molecular weight is 456 g/mol. The van der Waals surface area contributed by atoms with Crippen molar-refractivity contribution in [3.63, 3.8) is 0 Å². The van der Waals surface area contributed by atoms with Gasteiger partial charge >= 0.3 is 0 Å². The normalized spacial score (nSPS) is 11.9. The summed E-state index contributed by atoms with van der Waals surface area (Å²) in [5, 5.41) is 15.9. The number of rotatable bonds is 5. The highest BCUT2D eigenvalue weighted by molar-refractivity contribution is 8.00. The number of pyridine rings is 1. The Morgan fingerprint density at radius 2 is 1.63 bits per heavy atom. The quantitative estimate of drug-likeness (QED) is 0.215. The van der Waals surface area contributed by atoms with Crippen LogP contribution in [0.5, 0.6) is 0 Å². The highest BCUT2D eigenvalue weighted by atomic mass is 35.5. The first-order chi connectivity index (χ1) is 14.5. The van der Waals surface area contributed by atoms with Crippen molar-refractivity contribution in [3.05, 3.63) is 101 Å². The molecule has 0 fully saturated rings. The van der Waals surface area contributed by atoms with E-state index in [9.17, 15) is 10.0 Å². The molecule has 2 N–H and O–H groups in total. The van der Waals surface area contributed by atoms with Crippen molar-refractivity contribution < 1.29 is 14.7 Å². The highest BCUT2D eigenvalue weighted by Gasteiger charge is 2.28. The van der Waals surface area contributed by atoms with Gasteiger partial charge in [-0.1, -0.05) is 65.7 Å². The summed E-state index contributed by atoms with van der Waals surface area (Å²) < 4.78 is 1.01. The molecule has 0 bridgehead atoms. The zero-order valence-corrected chi connectivity index (χ0v) is 18.0.